The van der Waals surface area contributed by atoms with Crippen molar-refractivity contribution >= 4 is 29.7 Å². The van der Waals surface area contributed by atoms with Crippen LogP contribution in [0.1, 0.15) is 31.9 Å². The molecule has 0 atom stereocenters. The van der Waals surface area contributed by atoms with E-state index in [0.717, 1.165) is 42.3 Å². The van der Waals surface area contributed by atoms with Crippen LogP contribution < -0.4 is 36.3 Å². The predicted octanol–water partition coefficient (Wildman–Crippen LogP) is 2.40. The Labute approximate surface area is 240 Å². The van der Waals surface area contributed by atoms with Gasteiger partial charge < -0.3 is 25.0 Å². The van der Waals surface area contributed by atoms with Crippen molar-refractivity contribution in [1.29, 1.82) is 0 Å². The van der Waals surface area contributed by atoms with Crippen molar-refractivity contribution in [3.05, 3.63) is 59.7 Å². The lowest BCUT2D eigenvalue weighted by Crippen LogP contribution is -2.38. The van der Waals surface area contributed by atoms with E-state index in [1.165, 1.54) is 6.92 Å². The van der Waals surface area contributed by atoms with Gasteiger partial charge in [-0.2, -0.15) is 15.0 Å². The van der Waals surface area contributed by atoms with Crippen LogP contribution in [0.4, 0.5) is 17.8 Å². The van der Waals surface area contributed by atoms with Crippen molar-refractivity contribution in [3.63, 3.8) is 0 Å². The Bertz CT molecular complexity index is 1240. The molecule has 1 heterocycles. The number of hydrazine groups is 1. The first-order valence-corrected chi connectivity index (χ1v) is 13.5. The molecule has 0 radical (unpaired) electrons. The number of likely N-dealkylation sites (N-methyl/N-ethyl adjacent to an activating group) is 1. The van der Waals surface area contributed by atoms with Gasteiger partial charge >= 0.3 is 0 Å². The second-order valence-corrected chi connectivity index (χ2v) is 8.96. The minimum atomic E-state index is -0.490. The Morgan fingerprint density at radius 2 is 1.34 bits per heavy atom. The molecule has 0 aliphatic carbocycles. The highest BCUT2D eigenvalue weighted by Gasteiger charge is 2.09. The zero-order chi connectivity index (χ0) is 29.5. The molecule has 0 unspecified atom stereocenters. The summed E-state index contributed by atoms with van der Waals surface area (Å²) in [6, 6.07) is 15.5. The standard InChI is InChI=1S/C28H39N9O4/c1-5-37(6-2)15-16-41-24-13-9-22(10-14-24)18-30-27-33-26(29-17-21-7-11-23(40-4)12-8-21)34-28(35-27)36-31-19-25(39)32-20(3)38/h7-14,31H,5-6,15-19H2,1-4H3,(H,32,38,39)(H3,29,30,33,34,35,36). The zero-order valence-electron chi connectivity index (χ0n) is 24.0. The summed E-state index contributed by atoms with van der Waals surface area (Å²) in [5.74, 6) is 1.50. The Morgan fingerprint density at radius 1 is 0.805 bits per heavy atom. The van der Waals surface area contributed by atoms with Gasteiger partial charge in [-0.3, -0.25) is 20.3 Å². The van der Waals surface area contributed by atoms with Gasteiger partial charge in [-0.15, -0.1) is 0 Å². The molecule has 0 spiro atoms. The molecular formula is C28H39N9O4. The van der Waals surface area contributed by atoms with Gasteiger partial charge in [0.1, 0.15) is 18.1 Å². The van der Waals surface area contributed by atoms with E-state index in [0.29, 0.717) is 31.6 Å². The van der Waals surface area contributed by atoms with E-state index in [1.54, 1.807) is 7.11 Å². The van der Waals surface area contributed by atoms with Gasteiger partial charge in [0.15, 0.2) is 0 Å². The average Bonchev–Trinajstić information content (AvgIpc) is 2.97. The molecule has 2 amide bonds. The SMILES string of the molecule is CCN(CC)CCOc1ccc(CNc2nc(NCc3ccc(OC)cc3)nc(NNCC(=O)NC(C)=O)n2)cc1. The predicted molar refractivity (Wildman–Crippen MR) is 158 cm³/mol. The van der Waals surface area contributed by atoms with Gasteiger partial charge in [0.2, 0.25) is 29.7 Å². The third kappa shape index (κ3) is 11.3. The van der Waals surface area contributed by atoms with Crippen LogP contribution in [0.5, 0.6) is 11.5 Å². The number of anilines is 3. The van der Waals surface area contributed by atoms with E-state index in [1.807, 2.05) is 48.5 Å². The van der Waals surface area contributed by atoms with Crippen LogP contribution in [-0.4, -0.2) is 71.6 Å². The summed E-state index contributed by atoms with van der Waals surface area (Å²) in [6.45, 7) is 9.85. The lowest BCUT2D eigenvalue weighted by Gasteiger charge is -2.18. The number of hydrogen-bond acceptors (Lipinski definition) is 12. The molecular weight excluding hydrogens is 526 g/mol. The quantitative estimate of drug-likeness (QED) is 0.153. The normalized spacial score (nSPS) is 10.7. The van der Waals surface area contributed by atoms with E-state index in [4.69, 9.17) is 9.47 Å². The number of methoxy groups -OCH3 is 1. The molecule has 2 aromatic carbocycles. The lowest BCUT2D eigenvalue weighted by molar-refractivity contribution is -0.128. The molecule has 0 bridgehead atoms. The van der Waals surface area contributed by atoms with Crippen molar-refractivity contribution in [2.75, 3.05) is 56.0 Å². The van der Waals surface area contributed by atoms with Crippen molar-refractivity contribution in [2.45, 2.75) is 33.9 Å². The molecule has 0 aliphatic rings. The van der Waals surface area contributed by atoms with Crippen molar-refractivity contribution < 1.29 is 19.1 Å². The maximum atomic E-state index is 11.7. The van der Waals surface area contributed by atoms with Gasteiger partial charge in [0.25, 0.3) is 0 Å². The van der Waals surface area contributed by atoms with Crippen LogP contribution in [0.25, 0.3) is 0 Å². The molecule has 0 aliphatic heterocycles. The number of nitrogens with one attached hydrogen (secondary N) is 5. The molecule has 220 valence electrons. The van der Waals surface area contributed by atoms with Crippen LogP contribution in [0, 0.1) is 0 Å². The average molecular weight is 566 g/mol. The fourth-order valence-electron chi connectivity index (χ4n) is 3.68. The summed E-state index contributed by atoms with van der Waals surface area (Å²) in [7, 11) is 1.62. The van der Waals surface area contributed by atoms with E-state index in [-0.39, 0.29) is 12.5 Å². The fourth-order valence-corrected chi connectivity index (χ4v) is 3.68. The second kappa shape index (κ2) is 16.6. The van der Waals surface area contributed by atoms with Crippen LogP contribution in [0.2, 0.25) is 0 Å². The summed E-state index contributed by atoms with van der Waals surface area (Å²) in [4.78, 5) is 38.4. The minimum Gasteiger partial charge on any atom is -0.497 e. The molecule has 0 fully saturated rings. The molecule has 13 nitrogen and oxygen atoms in total. The van der Waals surface area contributed by atoms with E-state index in [9.17, 15) is 9.59 Å². The van der Waals surface area contributed by atoms with Crippen LogP contribution >= 0.6 is 0 Å². The highest BCUT2D eigenvalue weighted by atomic mass is 16.5. The van der Waals surface area contributed by atoms with Gasteiger partial charge in [-0.25, -0.2) is 5.43 Å². The van der Waals surface area contributed by atoms with Crippen molar-refractivity contribution in [1.82, 2.24) is 30.6 Å². The number of ether oxygens (including phenoxy) is 2. The number of nitrogens with zero attached hydrogens (tertiary/aromatic N) is 4. The van der Waals surface area contributed by atoms with E-state index >= 15 is 0 Å². The summed E-state index contributed by atoms with van der Waals surface area (Å²) in [5, 5.41) is 8.59. The smallest absolute Gasteiger partial charge is 0.243 e. The Balaban J connectivity index is 1.61. The third-order valence-corrected chi connectivity index (χ3v) is 5.95. The maximum Gasteiger partial charge on any atom is 0.243 e. The van der Waals surface area contributed by atoms with E-state index < -0.39 is 11.8 Å². The number of aromatic nitrogens is 3. The topological polar surface area (TPSA) is 155 Å². The number of hydrogen-bond donors (Lipinski definition) is 5. The first-order valence-electron chi connectivity index (χ1n) is 13.5. The Kier molecular flexibility index (Phi) is 12.6. The van der Waals surface area contributed by atoms with Crippen LogP contribution in [-0.2, 0) is 22.7 Å². The fraction of sp³-hybridized carbons (Fsp3) is 0.393. The van der Waals surface area contributed by atoms with Crippen molar-refractivity contribution in [3.8, 4) is 11.5 Å². The maximum absolute atomic E-state index is 11.7. The summed E-state index contributed by atoms with van der Waals surface area (Å²) >= 11 is 0. The van der Waals surface area contributed by atoms with Crippen LogP contribution in [0.3, 0.4) is 0 Å². The molecule has 3 aromatic rings. The summed E-state index contributed by atoms with van der Waals surface area (Å²) < 4.78 is 11.1. The molecule has 1 aromatic heterocycles. The molecule has 0 saturated heterocycles. The van der Waals surface area contributed by atoms with Gasteiger partial charge in [-0.1, -0.05) is 38.1 Å². The van der Waals surface area contributed by atoms with Gasteiger partial charge in [0, 0.05) is 26.6 Å². The van der Waals surface area contributed by atoms with E-state index in [2.05, 4.69) is 60.5 Å². The number of imide groups is 1. The lowest BCUT2D eigenvalue weighted by atomic mass is 10.2. The summed E-state index contributed by atoms with van der Waals surface area (Å²) in [6.07, 6.45) is 0. The van der Waals surface area contributed by atoms with Gasteiger partial charge in [0.05, 0.1) is 13.7 Å². The largest absolute Gasteiger partial charge is 0.497 e. The number of carbonyl (C=O) groups is 2. The summed E-state index contributed by atoms with van der Waals surface area (Å²) in [5.41, 5.74) is 7.51. The minimum absolute atomic E-state index is 0.161. The first kappa shape index (κ1) is 31.0. The number of carbonyl (C=O) groups excluding carboxylic acids is 2. The highest BCUT2D eigenvalue weighted by molar-refractivity contribution is 5.94. The molecule has 41 heavy (non-hydrogen) atoms. The number of amides is 2. The van der Waals surface area contributed by atoms with Crippen LogP contribution in [0.15, 0.2) is 48.5 Å². The Hall–Kier alpha value is -4.49. The number of benzene rings is 2. The third-order valence-electron chi connectivity index (χ3n) is 5.95. The first-order chi connectivity index (χ1) is 19.9. The Morgan fingerprint density at radius 3 is 1.85 bits per heavy atom. The zero-order valence-corrected chi connectivity index (χ0v) is 24.0. The number of rotatable bonds is 17. The molecule has 3 rings (SSSR count). The molecule has 13 heteroatoms. The van der Waals surface area contributed by atoms with Crippen molar-refractivity contribution in [2.24, 2.45) is 0 Å². The second-order valence-electron chi connectivity index (χ2n) is 8.96. The highest BCUT2D eigenvalue weighted by Crippen LogP contribution is 2.16. The molecule has 0 saturated carbocycles. The molecule has 5 N–H and O–H groups in total. The van der Waals surface area contributed by atoms with Gasteiger partial charge in [-0.05, 0) is 48.5 Å². The monoisotopic (exact) mass is 565 g/mol.